The average molecular weight is 346 g/mol. The van der Waals surface area contributed by atoms with Crippen LogP contribution in [-0.4, -0.2) is 6.04 Å². The third-order valence-electron chi connectivity index (χ3n) is 6.21. The molecule has 3 atom stereocenters. The van der Waals surface area contributed by atoms with Gasteiger partial charge in [-0.05, 0) is 60.6 Å². The zero-order chi connectivity index (χ0) is 17.9. The van der Waals surface area contributed by atoms with E-state index in [1.165, 1.54) is 42.5 Å². The Morgan fingerprint density at radius 3 is 2.54 bits per heavy atom. The molecule has 3 unspecified atom stereocenters. The fraction of sp³-hybridized carbons (Fsp3) is 0.440. The molecule has 1 N–H and O–H groups in total. The first kappa shape index (κ1) is 17.4. The third kappa shape index (κ3) is 3.58. The molecule has 4 rings (SSSR count). The quantitative estimate of drug-likeness (QED) is 0.634. The van der Waals surface area contributed by atoms with Crippen molar-refractivity contribution in [3.63, 3.8) is 0 Å². The molecule has 0 spiro atoms. The van der Waals surface area contributed by atoms with Gasteiger partial charge in [-0.1, -0.05) is 74.6 Å². The number of allylic oxidation sites excluding steroid dienone is 6. The molecule has 1 aromatic rings. The monoisotopic (exact) mass is 345 g/mol. The first-order chi connectivity index (χ1) is 12.7. The van der Waals surface area contributed by atoms with Crippen molar-refractivity contribution in [3.8, 4) is 0 Å². The highest BCUT2D eigenvalue weighted by Gasteiger charge is 2.35. The van der Waals surface area contributed by atoms with Crippen molar-refractivity contribution in [3.05, 3.63) is 77.5 Å². The summed E-state index contributed by atoms with van der Waals surface area (Å²) in [5.41, 5.74) is 5.87. The molecule has 0 aromatic heterocycles. The average Bonchev–Trinajstić information content (AvgIpc) is 3.15. The number of hydrogen-bond acceptors (Lipinski definition) is 1. The van der Waals surface area contributed by atoms with Gasteiger partial charge in [0.2, 0.25) is 0 Å². The van der Waals surface area contributed by atoms with E-state index in [0.717, 1.165) is 6.42 Å². The highest BCUT2D eigenvalue weighted by Crippen LogP contribution is 2.39. The van der Waals surface area contributed by atoms with E-state index >= 15 is 0 Å². The standard InChI is InChI=1S/C25H31N/c1-18(2)24-17-23(21-11-7-4-8-12-21)25(26-24)22-15-13-20(14-16-22)19-9-5-3-6-10-19/h3,5-7,9-11,13,15,17-18,21,23,25-26H,4,8,12,14,16H2,1-2H3. The fourth-order valence-electron chi connectivity index (χ4n) is 4.66. The molecule has 0 radical (unpaired) electrons. The predicted octanol–water partition coefficient (Wildman–Crippen LogP) is 6.27. The molecule has 0 amide bonds. The van der Waals surface area contributed by atoms with Crippen LogP contribution in [0, 0.1) is 17.8 Å². The molecule has 0 saturated carbocycles. The second kappa shape index (κ2) is 7.70. The van der Waals surface area contributed by atoms with Crippen LogP contribution in [0.2, 0.25) is 0 Å². The van der Waals surface area contributed by atoms with Crippen LogP contribution in [0.5, 0.6) is 0 Å². The Morgan fingerprint density at radius 2 is 1.88 bits per heavy atom. The Hall–Kier alpha value is -2.02. The van der Waals surface area contributed by atoms with Crippen molar-refractivity contribution < 1.29 is 0 Å². The van der Waals surface area contributed by atoms with E-state index in [1.807, 2.05) is 0 Å². The van der Waals surface area contributed by atoms with E-state index in [9.17, 15) is 0 Å². The van der Waals surface area contributed by atoms with Crippen molar-refractivity contribution >= 4 is 5.57 Å². The van der Waals surface area contributed by atoms with Crippen molar-refractivity contribution in [2.75, 3.05) is 0 Å². The minimum Gasteiger partial charge on any atom is -0.381 e. The second-order valence-corrected chi connectivity index (χ2v) is 8.30. The molecule has 1 aromatic carbocycles. The van der Waals surface area contributed by atoms with Gasteiger partial charge in [0.15, 0.2) is 0 Å². The smallest absolute Gasteiger partial charge is 0.0543 e. The van der Waals surface area contributed by atoms with Crippen LogP contribution < -0.4 is 5.32 Å². The number of nitrogens with one attached hydrogen (secondary N) is 1. The third-order valence-corrected chi connectivity index (χ3v) is 6.21. The Morgan fingerprint density at radius 1 is 1.04 bits per heavy atom. The number of hydrogen-bond donors (Lipinski definition) is 1. The second-order valence-electron chi connectivity index (χ2n) is 8.30. The maximum Gasteiger partial charge on any atom is 0.0543 e. The van der Waals surface area contributed by atoms with Crippen LogP contribution in [0.15, 0.2) is 72.0 Å². The van der Waals surface area contributed by atoms with Crippen LogP contribution in [0.3, 0.4) is 0 Å². The van der Waals surface area contributed by atoms with Gasteiger partial charge in [0.1, 0.15) is 0 Å². The van der Waals surface area contributed by atoms with Crippen LogP contribution in [0.4, 0.5) is 0 Å². The van der Waals surface area contributed by atoms with E-state index in [1.54, 1.807) is 5.57 Å². The first-order valence-corrected chi connectivity index (χ1v) is 10.3. The van der Waals surface area contributed by atoms with E-state index in [4.69, 9.17) is 0 Å². The van der Waals surface area contributed by atoms with Crippen LogP contribution in [0.25, 0.3) is 5.57 Å². The van der Waals surface area contributed by atoms with Gasteiger partial charge in [-0.15, -0.1) is 0 Å². The molecule has 1 aliphatic heterocycles. The van der Waals surface area contributed by atoms with Gasteiger partial charge in [0, 0.05) is 11.6 Å². The van der Waals surface area contributed by atoms with Gasteiger partial charge in [-0.2, -0.15) is 0 Å². The lowest BCUT2D eigenvalue weighted by Gasteiger charge is -2.31. The maximum atomic E-state index is 3.89. The highest BCUT2D eigenvalue weighted by molar-refractivity contribution is 5.69. The van der Waals surface area contributed by atoms with Gasteiger partial charge in [-0.3, -0.25) is 0 Å². The Bertz CT molecular complexity index is 748. The minimum atomic E-state index is 0.480. The molecular weight excluding hydrogens is 314 g/mol. The topological polar surface area (TPSA) is 12.0 Å². The van der Waals surface area contributed by atoms with E-state index < -0.39 is 0 Å². The summed E-state index contributed by atoms with van der Waals surface area (Å²) >= 11 is 0. The summed E-state index contributed by atoms with van der Waals surface area (Å²) in [4.78, 5) is 0. The SMILES string of the molecule is CC(C)C1=CC(C2C=CCCC2)C(C2=CC=C(c3ccccc3)CC2)N1. The van der Waals surface area contributed by atoms with Gasteiger partial charge in [-0.25, -0.2) is 0 Å². The van der Waals surface area contributed by atoms with Crippen molar-refractivity contribution in [1.29, 1.82) is 0 Å². The lowest BCUT2D eigenvalue weighted by molar-refractivity contribution is 0.375. The molecule has 3 aliphatic rings. The molecule has 26 heavy (non-hydrogen) atoms. The van der Waals surface area contributed by atoms with E-state index in [2.05, 4.69) is 79.9 Å². The Balaban J connectivity index is 1.57. The van der Waals surface area contributed by atoms with Crippen LogP contribution in [-0.2, 0) is 0 Å². The summed E-state index contributed by atoms with van der Waals surface area (Å²) in [5.74, 6) is 1.88. The molecule has 1 heterocycles. The van der Waals surface area contributed by atoms with Crippen LogP contribution >= 0.6 is 0 Å². The lowest BCUT2D eigenvalue weighted by atomic mass is 9.77. The van der Waals surface area contributed by atoms with Gasteiger partial charge < -0.3 is 5.32 Å². The van der Waals surface area contributed by atoms with E-state index in [0.29, 0.717) is 23.8 Å². The molecule has 2 aliphatic carbocycles. The normalized spacial score (nSPS) is 28.4. The summed E-state index contributed by atoms with van der Waals surface area (Å²) < 4.78 is 0. The summed E-state index contributed by atoms with van der Waals surface area (Å²) in [7, 11) is 0. The summed E-state index contributed by atoms with van der Waals surface area (Å²) in [6.07, 6.45) is 18.4. The minimum absolute atomic E-state index is 0.480. The molecular formula is C25H31N. The molecule has 1 heteroatoms. The van der Waals surface area contributed by atoms with Crippen molar-refractivity contribution in [2.24, 2.45) is 17.8 Å². The molecule has 0 bridgehead atoms. The van der Waals surface area contributed by atoms with Gasteiger partial charge >= 0.3 is 0 Å². The molecule has 0 saturated heterocycles. The summed E-state index contributed by atoms with van der Waals surface area (Å²) in [6.45, 7) is 4.61. The predicted molar refractivity (Wildman–Crippen MR) is 112 cm³/mol. The molecule has 1 nitrogen and oxygen atoms in total. The molecule has 0 fully saturated rings. The Labute approximate surface area is 158 Å². The summed E-state index contributed by atoms with van der Waals surface area (Å²) in [6, 6.07) is 11.3. The van der Waals surface area contributed by atoms with Crippen molar-refractivity contribution in [2.45, 2.75) is 52.0 Å². The Kier molecular flexibility index (Phi) is 5.15. The zero-order valence-electron chi connectivity index (χ0n) is 16.1. The maximum absolute atomic E-state index is 3.89. The van der Waals surface area contributed by atoms with Crippen molar-refractivity contribution in [1.82, 2.24) is 5.32 Å². The number of benzene rings is 1. The van der Waals surface area contributed by atoms with Gasteiger partial charge in [0.25, 0.3) is 0 Å². The molecule has 136 valence electrons. The van der Waals surface area contributed by atoms with Gasteiger partial charge in [0.05, 0.1) is 6.04 Å². The largest absolute Gasteiger partial charge is 0.381 e. The first-order valence-electron chi connectivity index (χ1n) is 10.3. The fourth-order valence-corrected chi connectivity index (χ4v) is 4.66. The zero-order valence-corrected chi connectivity index (χ0v) is 16.1. The number of rotatable bonds is 4. The van der Waals surface area contributed by atoms with Crippen LogP contribution in [0.1, 0.15) is 51.5 Å². The van der Waals surface area contributed by atoms with E-state index in [-0.39, 0.29) is 0 Å². The summed E-state index contributed by atoms with van der Waals surface area (Å²) in [5, 5.41) is 3.89. The highest BCUT2D eigenvalue weighted by atomic mass is 15.0. The lowest BCUT2D eigenvalue weighted by Crippen LogP contribution is -2.35.